The molecule has 94 valence electrons. The molecule has 0 saturated carbocycles. The molecule has 0 aromatic rings. The molecule has 0 bridgehead atoms. The lowest BCUT2D eigenvalue weighted by molar-refractivity contribution is -0.139. The average Bonchev–Trinajstić information content (AvgIpc) is 2.54. The predicted octanol–water partition coefficient (Wildman–Crippen LogP) is -0.236. The molecule has 0 aromatic carbocycles. The molecule has 1 fully saturated rings. The number of rotatable bonds is 4. The molecule has 16 heavy (non-hydrogen) atoms. The molecule has 0 radical (unpaired) electrons. The third kappa shape index (κ3) is 4.08. The van der Waals surface area contributed by atoms with Crippen LogP contribution in [0.4, 0.5) is 0 Å². The molecule has 1 rings (SSSR count). The second-order valence-electron chi connectivity index (χ2n) is 4.57. The van der Waals surface area contributed by atoms with Crippen LogP contribution in [0.5, 0.6) is 0 Å². The van der Waals surface area contributed by atoms with Crippen LogP contribution >= 0.6 is 0 Å². The van der Waals surface area contributed by atoms with Crippen molar-refractivity contribution < 1.29 is 14.3 Å². The first-order valence-electron chi connectivity index (χ1n) is 5.68. The topological polar surface area (TPSA) is 59.6 Å². The minimum absolute atomic E-state index is 0.0840. The van der Waals surface area contributed by atoms with Gasteiger partial charge in [0.15, 0.2) is 0 Å². The highest BCUT2D eigenvalue weighted by molar-refractivity contribution is 5.84. The SMILES string of the molecule is COC(C)(C)C(=O)NCC1CNCCOC1. The first-order valence-corrected chi connectivity index (χ1v) is 5.68. The number of carbonyl (C=O) groups is 1. The molecule has 0 aromatic heterocycles. The van der Waals surface area contributed by atoms with Gasteiger partial charge in [0.05, 0.1) is 13.2 Å². The van der Waals surface area contributed by atoms with Crippen molar-refractivity contribution in [2.75, 3.05) is 40.0 Å². The number of amides is 1. The Balaban J connectivity index is 2.30. The van der Waals surface area contributed by atoms with Crippen LogP contribution in [0.1, 0.15) is 13.8 Å². The van der Waals surface area contributed by atoms with Crippen molar-refractivity contribution in [1.82, 2.24) is 10.6 Å². The number of carbonyl (C=O) groups excluding carboxylic acids is 1. The van der Waals surface area contributed by atoms with Gasteiger partial charge in [0.2, 0.25) is 0 Å². The molecular weight excluding hydrogens is 208 g/mol. The van der Waals surface area contributed by atoms with Gasteiger partial charge in [0.25, 0.3) is 5.91 Å². The monoisotopic (exact) mass is 230 g/mol. The lowest BCUT2D eigenvalue weighted by Gasteiger charge is -2.23. The van der Waals surface area contributed by atoms with Crippen molar-refractivity contribution in [3.05, 3.63) is 0 Å². The summed E-state index contributed by atoms with van der Waals surface area (Å²) in [5.74, 6) is 0.248. The zero-order valence-corrected chi connectivity index (χ0v) is 10.3. The fraction of sp³-hybridized carbons (Fsp3) is 0.909. The van der Waals surface area contributed by atoms with E-state index in [-0.39, 0.29) is 5.91 Å². The first-order chi connectivity index (χ1) is 7.56. The third-order valence-electron chi connectivity index (χ3n) is 2.82. The zero-order chi connectivity index (χ0) is 12.0. The normalized spacial score (nSPS) is 22.6. The van der Waals surface area contributed by atoms with Gasteiger partial charge in [-0.25, -0.2) is 0 Å². The molecule has 1 unspecified atom stereocenters. The number of hydrogen-bond acceptors (Lipinski definition) is 4. The number of ether oxygens (including phenoxy) is 2. The highest BCUT2D eigenvalue weighted by Crippen LogP contribution is 2.07. The molecule has 1 atom stereocenters. The van der Waals surface area contributed by atoms with Crippen LogP contribution in [-0.2, 0) is 14.3 Å². The molecule has 0 aliphatic carbocycles. The summed E-state index contributed by atoms with van der Waals surface area (Å²) < 4.78 is 10.5. The van der Waals surface area contributed by atoms with Gasteiger partial charge in [0, 0.05) is 32.7 Å². The first kappa shape index (κ1) is 13.4. The molecule has 1 amide bonds. The van der Waals surface area contributed by atoms with E-state index in [9.17, 15) is 4.79 Å². The Labute approximate surface area is 96.9 Å². The van der Waals surface area contributed by atoms with Gasteiger partial charge in [-0.3, -0.25) is 4.79 Å². The minimum atomic E-state index is -0.765. The van der Waals surface area contributed by atoms with Gasteiger partial charge in [-0.05, 0) is 13.8 Å². The number of methoxy groups -OCH3 is 1. The molecule has 1 heterocycles. The molecule has 1 aliphatic rings. The van der Waals surface area contributed by atoms with E-state index in [2.05, 4.69) is 10.6 Å². The Bertz CT molecular complexity index is 223. The Morgan fingerprint density at radius 1 is 1.62 bits per heavy atom. The van der Waals surface area contributed by atoms with Crippen LogP contribution in [-0.4, -0.2) is 51.5 Å². The maximum Gasteiger partial charge on any atom is 0.251 e. The van der Waals surface area contributed by atoms with E-state index in [1.807, 2.05) is 0 Å². The minimum Gasteiger partial charge on any atom is -0.380 e. The zero-order valence-electron chi connectivity index (χ0n) is 10.3. The fourth-order valence-electron chi connectivity index (χ4n) is 1.43. The van der Waals surface area contributed by atoms with Crippen molar-refractivity contribution in [3.63, 3.8) is 0 Å². The second-order valence-corrected chi connectivity index (χ2v) is 4.57. The third-order valence-corrected chi connectivity index (χ3v) is 2.82. The van der Waals surface area contributed by atoms with E-state index in [0.29, 0.717) is 19.1 Å². The Hall–Kier alpha value is -0.650. The Morgan fingerprint density at radius 2 is 2.38 bits per heavy atom. The van der Waals surface area contributed by atoms with Crippen molar-refractivity contribution in [3.8, 4) is 0 Å². The van der Waals surface area contributed by atoms with Gasteiger partial charge < -0.3 is 20.1 Å². The van der Waals surface area contributed by atoms with Crippen LogP contribution in [0, 0.1) is 5.92 Å². The molecular formula is C11H22N2O3. The lowest BCUT2D eigenvalue weighted by atomic mass is 10.1. The van der Waals surface area contributed by atoms with Gasteiger partial charge in [-0.1, -0.05) is 0 Å². The highest BCUT2D eigenvalue weighted by Gasteiger charge is 2.27. The molecule has 0 spiro atoms. The second kappa shape index (κ2) is 6.18. The largest absolute Gasteiger partial charge is 0.380 e. The maximum atomic E-state index is 11.7. The quantitative estimate of drug-likeness (QED) is 0.700. The summed E-state index contributed by atoms with van der Waals surface area (Å²) in [5.41, 5.74) is -0.765. The van der Waals surface area contributed by atoms with E-state index in [4.69, 9.17) is 9.47 Å². The molecule has 1 aliphatic heterocycles. The summed E-state index contributed by atoms with van der Waals surface area (Å²) in [6.45, 7) is 7.34. The fourth-order valence-corrected chi connectivity index (χ4v) is 1.43. The molecule has 1 saturated heterocycles. The molecule has 5 nitrogen and oxygen atoms in total. The summed E-state index contributed by atoms with van der Waals surface area (Å²) >= 11 is 0. The van der Waals surface area contributed by atoms with E-state index < -0.39 is 5.60 Å². The summed E-state index contributed by atoms with van der Waals surface area (Å²) in [7, 11) is 1.54. The summed E-state index contributed by atoms with van der Waals surface area (Å²) in [4.78, 5) is 11.7. The summed E-state index contributed by atoms with van der Waals surface area (Å²) in [5, 5.41) is 6.15. The molecule has 5 heteroatoms. The van der Waals surface area contributed by atoms with Crippen LogP contribution in [0.3, 0.4) is 0 Å². The van der Waals surface area contributed by atoms with Crippen LogP contribution in [0.25, 0.3) is 0 Å². The number of nitrogens with one attached hydrogen (secondary N) is 2. The van der Waals surface area contributed by atoms with E-state index in [1.54, 1.807) is 13.8 Å². The van der Waals surface area contributed by atoms with Gasteiger partial charge >= 0.3 is 0 Å². The van der Waals surface area contributed by atoms with Crippen molar-refractivity contribution in [1.29, 1.82) is 0 Å². The van der Waals surface area contributed by atoms with E-state index in [1.165, 1.54) is 7.11 Å². The summed E-state index contributed by atoms with van der Waals surface area (Å²) in [6, 6.07) is 0. The lowest BCUT2D eigenvalue weighted by Crippen LogP contribution is -2.46. The van der Waals surface area contributed by atoms with Crippen molar-refractivity contribution in [2.24, 2.45) is 5.92 Å². The average molecular weight is 230 g/mol. The van der Waals surface area contributed by atoms with Crippen molar-refractivity contribution >= 4 is 5.91 Å². The smallest absolute Gasteiger partial charge is 0.251 e. The predicted molar refractivity (Wildman–Crippen MR) is 61.3 cm³/mol. The van der Waals surface area contributed by atoms with E-state index in [0.717, 1.165) is 19.7 Å². The van der Waals surface area contributed by atoms with Crippen LogP contribution < -0.4 is 10.6 Å². The van der Waals surface area contributed by atoms with Gasteiger partial charge in [0.1, 0.15) is 5.60 Å². The van der Waals surface area contributed by atoms with Crippen LogP contribution in [0.15, 0.2) is 0 Å². The number of hydrogen-bond donors (Lipinski definition) is 2. The maximum absolute atomic E-state index is 11.7. The Kier molecular flexibility index (Phi) is 5.18. The van der Waals surface area contributed by atoms with Gasteiger partial charge in [-0.15, -0.1) is 0 Å². The molecule has 2 N–H and O–H groups in total. The highest BCUT2D eigenvalue weighted by atomic mass is 16.5. The summed E-state index contributed by atoms with van der Waals surface area (Å²) in [6.07, 6.45) is 0. The van der Waals surface area contributed by atoms with Crippen molar-refractivity contribution in [2.45, 2.75) is 19.4 Å². The Morgan fingerprint density at radius 3 is 3.06 bits per heavy atom. The van der Waals surface area contributed by atoms with Crippen LogP contribution in [0.2, 0.25) is 0 Å². The van der Waals surface area contributed by atoms with E-state index >= 15 is 0 Å². The standard InChI is InChI=1S/C11H22N2O3/c1-11(2,15-3)10(14)13-7-9-6-12-4-5-16-8-9/h9,12H,4-8H2,1-3H3,(H,13,14). The van der Waals surface area contributed by atoms with Gasteiger partial charge in [-0.2, -0.15) is 0 Å².